The van der Waals surface area contributed by atoms with Gasteiger partial charge >= 0.3 is 11.9 Å². The number of esters is 2. The Hall–Kier alpha value is -3.29. The molecule has 0 amide bonds. The van der Waals surface area contributed by atoms with Crippen LogP contribution < -0.4 is 14.8 Å². The Morgan fingerprint density at radius 2 is 1.81 bits per heavy atom. The molecule has 0 spiro atoms. The summed E-state index contributed by atoms with van der Waals surface area (Å²) in [5.74, 6) is -2.38. The Bertz CT molecular complexity index is 1010. The minimum Gasteiger partial charge on any atom is -0.493 e. The fourth-order valence-electron chi connectivity index (χ4n) is 4.53. The SMILES string of the molecule is CCOC(=O)C1=C(C)NC2=C(C(=O)[C@H](C(=O)OC)[C@H](C)C2)[C@H]1c1ccc(OC)c(OC)c1. The lowest BCUT2D eigenvalue weighted by Crippen LogP contribution is -2.43. The number of hydrogen-bond acceptors (Lipinski definition) is 8. The van der Waals surface area contributed by atoms with E-state index >= 15 is 0 Å². The van der Waals surface area contributed by atoms with E-state index in [1.165, 1.54) is 21.3 Å². The van der Waals surface area contributed by atoms with Crippen molar-refractivity contribution in [2.75, 3.05) is 27.9 Å². The zero-order valence-corrected chi connectivity index (χ0v) is 19.2. The summed E-state index contributed by atoms with van der Waals surface area (Å²) in [5, 5.41) is 3.23. The largest absolute Gasteiger partial charge is 0.493 e. The maximum Gasteiger partial charge on any atom is 0.336 e. The minimum atomic E-state index is -0.940. The van der Waals surface area contributed by atoms with Crippen molar-refractivity contribution >= 4 is 17.7 Å². The third-order valence-corrected chi connectivity index (χ3v) is 5.98. The van der Waals surface area contributed by atoms with Gasteiger partial charge in [-0.25, -0.2) is 4.79 Å². The molecule has 0 unspecified atom stereocenters. The summed E-state index contributed by atoms with van der Waals surface area (Å²) < 4.78 is 21.0. The third kappa shape index (κ3) is 3.97. The van der Waals surface area contributed by atoms with Gasteiger partial charge in [0.15, 0.2) is 17.3 Å². The third-order valence-electron chi connectivity index (χ3n) is 5.98. The molecule has 1 aliphatic heterocycles. The van der Waals surface area contributed by atoms with Crippen LogP contribution in [0.1, 0.15) is 38.7 Å². The van der Waals surface area contributed by atoms with E-state index in [0.29, 0.717) is 46.0 Å². The van der Waals surface area contributed by atoms with Crippen LogP contribution in [0.3, 0.4) is 0 Å². The van der Waals surface area contributed by atoms with Crippen LogP contribution in [0.15, 0.2) is 40.7 Å². The number of hydrogen-bond donors (Lipinski definition) is 1. The number of benzene rings is 1. The number of methoxy groups -OCH3 is 3. The molecule has 0 bridgehead atoms. The maximum absolute atomic E-state index is 13.6. The predicted molar refractivity (Wildman–Crippen MR) is 116 cm³/mol. The molecule has 172 valence electrons. The van der Waals surface area contributed by atoms with Crippen LogP contribution in [-0.2, 0) is 23.9 Å². The molecule has 1 aromatic rings. The topological polar surface area (TPSA) is 100 Å². The molecule has 1 aliphatic carbocycles. The molecular weight excluding hydrogens is 414 g/mol. The summed E-state index contributed by atoms with van der Waals surface area (Å²) in [5.41, 5.74) is 2.67. The van der Waals surface area contributed by atoms with Crippen LogP contribution in [-0.4, -0.2) is 45.7 Å². The van der Waals surface area contributed by atoms with Crippen molar-refractivity contribution < 1.29 is 33.3 Å². The molecule has 0 aromatic heterocycles. The Balaban J connectivity index is 2.23. The van der Waals surface area contributed by atoms with E-state index < -0.39 is 23.8 Å². The monoisotopic (exact) mass is 443 g/mol. The van der Waals surface area contributed by atoms with Crippen molar-refractivity contribution in [3.8, 4) is 11.5 Å². The van der Waals surface area contributed by atoms with Crippen molar-refractivity contribution in [1.82, 2.24) is 5.32 Å². The molecule has 1 heterocycles. The highest BCUT2D eigenvalue weighted by Crippen LogP contribution is 2.46. The lowest BCUT2D eigenvalue weighted by atomic mass is 9.69. The minimum absolute atomic E-state index is 0.190. The normalized spacial score (nSPS) is 22.7. The van der Waals surface area contributed by atoms with E-state index in [0.717, 1.165) is 0 Å². The molecule has 0 fully saturated rings. The van der Waals surface area contributed by atoms with Gasteiger partial charge in [-0.2, -0.15) is 0 Å². The maximum atomic E-state index is 13.6. The smallest absolute Gasteiger partial charge is 0.336 e. The summed E-state index contributed by atoms with van der Waals surface area (Å²) in [6, 6.07) is 5.25. The molecule has 32 heavy (non-hydrogen) atoms. The predicted octanol–water partition coefficient (Wildman–Crippen LogP) is 2.88. The second-order valence-electron chi connectivity index (χ2n) is 7.87. The summed E-state index contributed by atoms with van der Waals surface area (Å²) >= 11 is 0. The van der Waals surface area contributed by atoms with E-state index in [1.807, 2.05) is 6.92 Å². The van der Waals surface area contributed by atoms with Crippen molar-refractivity contribution in [3.63, 3.8) is 0 Å². The number of ether oxygens (including phenoxy) is 4. The number of rotatable bonds is 6. The van der Waals surface area contributed by atoms with Crippen molar-refractivity contribution in [1.29, 1.82) is 0 Å². The van der Waals surface area contributed by atoms with Gasteiger partial charge < -0.3 is 24.3 Å². The Morgan fingerprint density at radius 1 is 1.12 bits per heavy atom. The Morgan fingerprint density at radius 3 is 2.41 bits per heavy atom. The van der Waals surface area contributed by atoms with E-state index in [9.17, 15) is 14.4 Å². The zero-order valence-electron chi connectivity index (χ0n) is 19.2. The highest BCUT2D eigenvalue weighted by atomic mass is 16.5. The summed E-state index contributed by atoms with van der Waals surface area (Å²) in [6.07, 6.45) is 0.470. The van der Waals surface area contributed by atoms with Crippen molar-refractivity contribution in [2.45, 2.75) is 33.1 Å². The van der Waals surface area contributed by atoms with Crippen LogP contribution in [0.4, 0.5) is 0 Å². The highest BCUT2D eigenvalue weighted by Gasteiger charge is 2.47. The van der Waals surface area contributed by atoms with Crippen molar-refractivity contribution in [2.24, 2.45) is 11.8 Å². The number of Topliss-reactive ketones (excluding diaryl/α,β-unsaturated/α-hetero) is 1. The second-order valence-corrected chi connectivity index (χ2v) is 7.87. The lowest BCUT2D eigenvalue weighted by Gasteiger charge is -2.38. The first-order valence-corrected chi connectivity index (χ1v) is 10.5. The van der Waals surface area contributed by atoms with E-state index in [-0.39, 0.29) is 18.3 Å². The van der Waals surface area contributed by atoms with Gasteiger partial charge in [-0.05, 0) is 43.9 Å². The molecule has 8 nitrogen and oxygen atoms in total. The average molecular weight is 443 g/mol. The van der Waals surface area contributed by atoms with Gasteiger partial charge in [0.1, 0.15) is 5.92 Å². The van der Waals surface area contributed by atoms with Gasteiger partial charge in [0.25, 0.3) is 0 Å². The molecule has 8 heteroatoms. The van der Waals surface area contributed by atoms with Gasteiger partial charge in [-0.3, -0.25) is 9.59 Å². The zero-order chi connectivity index (χ0) is 23.6. The van der Waals surface area contributed by atoms with Gasteiger partial charge in [0.05, 0.1) is 33.5 Å². The first kappa shape index (κ1) is 23.4. The summed E-state index contributed by atoms with van der Waals surface area (Å²) in [6.45, 7) is 5.54. The van der Waals surface area contributed by atoms with Crippen LogP contribution in [0.25, 0.3) is 0 Å². The van der Waals surface area contributed by atoms with Crippen LogP contribution in [0.5, 0.6) is 11.5 Å². The number of carbonyl (C=O) groups excluding carboxylic acids is 3. The van der Waals surface area contributed by atoms with Crippen molar-refractivity contribution in [3.05, 3.63) is 46.3 Å². The van der Waals surface area contributed by atoms with Gasteiger partial charge in [0.2, 0.25) is 0 Å². The quantitative estimate of drug-likeness (QED) is 0.529. The summed E-state index contributed by atoms with van der Waals surface area (Å²) in [7, 11) is 4.32. The van der Waals surface area contributed by atoms with Gasteiger partial charge in [0, 0.05) is 22.9 Å². The molecule has 0 saturated heterocycles. The number of dihydropyridines is 1. The van der Waals surface area contributed by atoms with E-state index in [2.05, 4.69) is 5.32 Å². The number of ketones is 1. The van der Waals surface area contributed by atoms with Gasteiger partial charge in [-0.1, -0.05) is 13.0 Å². The molecule has 0 radical (unpaired) electrons. The Labute approximate surface area is 187 Å². The molecule has 2 aliphatic rings. The lowest BCUT2D eigenvalue weighted by molar-refractivity contribution is -0.151. The average Bonchev–Trinajstić information content (AvgIpc) is 2.77. The molecule has 0 saturated carbocycles. The van der Waals surface area contributed by atoms with Crippen LogP contribution in [0.2, 0.25) is 0 Å². The van der Waals surface area contributed by atoms with Crippen LogP contribution >= 0.6 is 0 Å². The summed E-state index contributed by atoms with van der Waals surface area (Å²) in [4.78, 5) is 39.1. The van der Waals surface area contributed by atoms with E-state index in [1.54, 1.807) is 32.0 Å². The standard InChI is InChI=1S/C24H29NO7/c1-7-32-24(28)19-13(3)25-15-10-12(2)18(23(27)31-6)22(26)21(15)20(19)14-8-9-16(29-4)17(11-14)30-5/h8-9,11-12,18,20,25H,7,10H2,1-6H3/t12-,18-,20+/m1/s1. The van der Waals surface area contributed by atoms with Crippen LogP contribution in [0, 0.1) is 11.8 Å². The first-order chi connectivity index (χ1) is 15.3. The van der Waals surface area contributed by atoms with Gasteiger partial charge in [-0.15, -0.1) is 0 Å². The fourth-order valence-corrected chi connectivity index (χ4v) is 4.53. The molecular formula is C24H29NO7. The fraction of sp³-hybridized carbons (Fsp3) is 0.458. The highest BCUT2D eigenvalue weighted by molar-refractivity contribution is 6.12. The second kappa shape index (κ2) is 9.46. The molecule has 1 N–H and O–H groups in total. The molecule has 3 rings (SSSR count). The Kier molecular flexibility index (Phi) is 6.91. The number of allylic oxidation sites excluding steroid dienone is 3. The first-order valence-electron chi connectivity index (χ1n) is 10.5. The molecule has 3 atom stereocenters. The van der Waals surface area contributed by atoms with E-state index in [4.69, 9.17) is 18.9 Å². The molecule has 1 aromatic carbocycles. The number of carbonyl (C=O) groups is 3. The number of nitrogens with one attached hydrogen (secondary N) is 1.